The summed E-state index contributed by atoms with van der Waals surface area (Å²) in [6.45, 7) is 7.83. The Labute approximate surface area is 97.8 Å². The summed E-state index contributed by atoms with van der Waals surface area (Å²) < 4.78 is 0. The number of nitrogens with one attached hydrogen (secondary N) is 2. The van der Waals surface area contributed by atoms with Gasteiger partial charge in [0.05, 0.1) is 12.6 Å². The summed E-state index contributed by atoms with van der Waals surface area (Å²) in [4.78, 5) is 12.1. The highest BCUT2D eigenvalue weighted by Gasteiger charge is 2.35. The van der Waals surface area contributed by atoms with Gasteiger partial charge in [-0.2, -0.15) is 0 Å². The molecule has 4 heteroatoms. The topological polar surface area (TPSA) is 61.4 Å². The number of carbonyl (C=O) groups excluding carboxylic acids is 1. The van der Waals surface area contributed by atoms with Crippen LogP contribution < -0.4 is 10.6 Å². The first-order valence-corrected chi connectivity index (χ1v) is 6.12. The van der Waals surface area contributed by atoms with Gasteiger partial charge in [-0.25, -0.2) is 0 Å². The second-order valence-corrected chi connectivity index (χ2v) is 5.32. The third-order valence-electron chi connectivity index (χ3n) is 3.57. The Bertz CT molecular complexity index is 235. The Balaban J connectivity index is 2.55. The van der Waals surface area contributed by atoms with Gasteiger partial charge in [0.2, 0.25) is 5.91 Å². The third kappa shape index (κ3) is 3.19. The van der Waals surface area contributed by atoms with E-state index in [-0.39, 0.29) is 29.9 Å². The van der Waals surface area contributed by atoms with Gasteiger partial charge in [-0.3, -0.25) is 4.79 Å². The van der Waals surface area contributed by atoms with Crippen LogP contribution in [0.1, 0.15) is 33.6 Å². The fourth-order valence-electron chi connectivity index (χ4n) is 1.97. The largest absolute Gasteiger partial charge is 0.394 e. The number of aliphatic hydroxyl groups is 1. The van der Waals surface area contributed by atoms with Crippen molar-refractivity contribution < 1.29 is 9.90 Å². The molecule has 1 fully saturated rings. The van der Waals surface area contributed by atoms with E-state index in [4.69, 9.17) is 0 Å². The van der Waals surface area contributed by atoms with Crippen LogP contribution in [0, 0.1) is 11.3 Å². The maximum absolute atomic E-state index is 12.1. The number of piperidine rings is 1. The van der Waals surface area contributed by atoms with Gasteiger partial charge in [0.25, 0.3) is 0 Å². The van der Waals surface area contributed by atoms with Crippen LogP contribution in [0.5, 0.6) is 0 Å². The van der Waals surface area contributed by atoms with E-state index in [9.17, 15) is 9.90 Å². The molecule has 4 nitrogen and oxygen atoms in total. The van der Waals surface area contributed by atoms with E-state index in [2.05, 4.69) is 10.6 Å². The Morgan fingerprint density at radius 2 is 2.00 bits per heavy atom. The van der Waals surface area contributed by atoms with Gasteiger partial charge in [-0.1, -0.05) is 20.8 Å². The molecular weight excluding hydrogens is 204 g/mol. The van der Waals surface area contributed by atoms with Gasteiger partial charge in [-0.15, -0.1) is 0 Å². The monoisotopic (exact) mass is 228 g/mol. The number of rotatable bonds is 4. The number of hydrogen-bond acceptors (Lipinski definition) is 3. The van der Waals surface area contributed by atoms with Crippen molar-refractivity contribution in [2.75, 3.05) is 19.7 Å². The van der Waals surface area contributed by atoms with Crippen LogP contribution in [0.3, 0.4) is 0 Å². The molecule has 0 aromatic rings. The van der Waals surface area contributed by atoms with Crippen molar-refractivity contribution in [1.82, 2.24) is 10.6 Å². The molecule has 1 heterocycles. The molecule has 1 atom stereocenters. The van der Waals surface area contributed by atoms with Crippen LogP contribution in [0.2, 0.25) is 0 Å². The normalized spacial score (nSPS) is 21.8. The van der Waals surface area contributed by atoms with Crippen molar-refractivity contribution in [3.63, 3.8) is 0 Å². The molecule has 0 aromatic carbocycles. The number of amides is 1. The minimum absolute atomic E-state index is 0.0116. The second-order valence-electron chi connectivity index (χ2n) is 5.32. The summed E-state index contributed by atoms with van der Waals surface area (Å²) in [7, 11) is 0. The van der Waals surface area contributed by atoms with E-state index >= 15 is 0 Å². The van der Waals surface area contributed by atoms with Crippen LogP contribution in [0.25, 0.3) is 0 Å². The third-order valence-corrected chi connectivity index (χ3v) is 3.57. The van der Waals surface area contributed by atoms with Crippen molar-refractivity contribution in [2.24, 2.45) is 11.3 Å². The SMILES string of the molecule is CC(C)C(CO)NC(=O)C1(C)CCNCC1. The van der Waals surface area contributed by atoms with Gasteiger partial charge < -0.3 is 15.7 Å². The van der Waals surface area contributed by atoms with E-state index in [0.717, 1.165) is 25.9 Å². The maximum atomic E-state index is 12.1. The quantitative estimate of drug-likeness (QED) is 0.657. The van der Waals surface area contributed by atoms with E-state index in [1.54, 1.807) is 0 Å². The molecule has 0 saturated carbocycles. The summed E-state index contributed by atoms with van der Waals surface area (Å²) in [6.07, 6.45) is 1.74. The van der Waals surface area contributed by atoms with Gasteiger partial charge >= 0.3 is 0 Å². The molecule has 0 aromatic heterocycles. The predicted octanol–water partition coefficient (Wildman–Crippen LogP) is 0.509. The first-order chi connectivity index (χ1) is 7.49. The highest BCUT2D eigenvalue weighted by atomic mass is 16.3. The fraction of sp³-hybridized carbons (Fsp3) is 0.917. The number of carbonyl (C=O) groups is 1. The summed E-state index contributed by atoms with van der Waals surface area (Å²) in [5.41, 5.74) is -0.270. The lowest BCUT2D eigenvalue weighted by molar-refractivity contribution is -0.133. The van der Waals surface area contributed by atoms with Crippen molar-refractivity contribution in [3.05, 3.63) is 0 Å². The van der Waals surface area contributed by atoms with Crippen molar-refractivity contribution in [1.29, 1.82) is 0 Å². The summed E-state index contributed by atoms with van der Waals surface area (Å²) in [5.74, 6) is 0.348. The average Bonchev–Trinajstić information content (AvgIpc) is 2.26. The van der Waals surface area contributed by atoms with Gasteiger partial charge in [-0.05, 0) is 31.8 Å². The second kappa shape index (κ2) is 5.64. The van der Waals surface area contributed by atoms with Crippen LogP contribution in [0.4, 0.5) is 0 Å². The summed E-state index contributed by atoms with van der Waals surface area (Å²) in [5, 5.41) is 15.4. The molecule has 1 aliphatic rings. The molecule has 1 saturated heterocycles. The molecule has 1 unspecified atom stereocenters. The Hall–Kier alpha value is -0.610. The zero-order valence-corrected chi connectivity index (χ0v) is 10.5. The Kier molecular flexibility index (Phi) is 4.74. The Morgan fingerprint density at radius 1 is 1.44 bits per heavy atom. The smallest absolute Gasteiger partial charge is 0.226 e. The number of aliphatic hydroxyl groups excluding tert-OH is 1. The fourth-order valence-corrected chi connectivity index (χ4v) is 1.97. The first kappa shape index (κ1) is 13.5. The average molecular weight is 228 g/mol. The van der Waals surface area contributed by atoms with Crippen LogP contribution in [0.15, 0.2) is 0 Å². The lowest BCUT2D eigenvalue weighted by Gasteiger charge is -2.34. The van der Waals surface area contributed by atoms with Crippen molar-refractivity contribution in [3.8, 4) is 0 Å². The minimum Gasteiger partial charge on any atom is -0.394 e. The molecule has 1 rings (SSSR count). The molecule has 3 N–H and O–H groups in total. The van der Waals surface area contributed by atoms with Crippen LogP contribution in [-0.2, 0) is 4.79 Å². The van der Waals surface area contributed by atoms with E-state index in [1.807, 2.05) is 20.8 Å². The molecule has 0 spiro atoms. The van der Waals surface area contributed by atoms with Crippen molar-refractivity contribution in [2.45, 2.75) is 39.7 Å². The molecule has 0 radical (unpaired) electrons. The summed E-state index contributed by atoms with van der Waals surface area (Å²) >= 11 is 0. The predicted molar refractivity (Wildman–Crippen MR) is 64.1 cm³/mol. The zero-order chi connectivity index (χ0) is 12.2. The molecule has 1 amide bonds. The standard InChI is InChI=1S/C12H24N2O2/c1-9(2)10(8-15)14-11(16)12(3)4-6-13-7-5-12/h9-10,13,15H,4-8H2,1-3H3,(H,14,16). The maximum Gasteiger partial charge on any atom is 0.226 e. The summed E-state index contributed by atoms with van der Waals surface area (Å²) in [6, 6.07) is -0.126. The molecule has 94 valence electrons. The molecular formula is C12H24N2O2. The highest BCUT2D eigenvalue weighted by Crippen LogP contribution is 2.28. The lowest BCUT2D eigenvalue weighted by Crippen LogP contribution is -2.51. The minimum atomic E-state index is -0.270. The number of hydrogen-bond donors (Lipinski definition) is 3. The molecule has 0 bridgehead atoms. The van der Waals surface area contributed by atoms with Crippen LogP contribution in [-0.4, -0.2) is 36.8 Å². The van der Waals surface area contributed by atoms with E-state index < -0.39 is 0 Å². The van der Waals surface area contributed by atoms with E-state index in [0.29, 0.717) is 0 Å². The van der Waals surface area contributed by atoms with Crippen LogP contribution >= 0.6 is 0 Å². The van der Waals surface area contributed by atoms with Gasteiger partial charge in [0.15, 0.2) is 0 Å². The van der Waals surface area contributed by atoms with Gasteiger partial charge in [0, 0.05) is 5.41 Å². The highest BCUT2D eigenvalue weighted by molar-refractivity contribution is 5.82. The molecule has 1 aliphatic heterocycles. The van der Waals surface area contributed by atoms with Crippen molar-refractivity contribution >= 4 is 5.91 Å². The lowest BCUT2D eigenvalue weighted by atomic mass is 9.80. The zero-order valence-electron chi connectivity index (χ0n) is 10.5. The molecule has 0 aliphatic carbocycles. The first-order valence-electron chi connectivity index (χ1n) is 6.12. The Morgan fingerprint density at radius 3 is 2.44 bits per heavy atom. The van der Waals surface area contributed by atoms with E-state index in [1.165, 1.54) is 0 Å². The van der Waals surface area contributed by atoms with Gasteiger partial charge in [0.1, 0.15) is 0 Å². The molecule has 16 heavy (non-hydrogen) atoms.